The van der Waals surface area contributed by atoms with Crippen molar-refractivity contribution in [2.24, 2.45) is 0 Å². The average Bonchev–Trinajstić information content (AvgIpc) is 4.02. The zero-order chi connectivity index (χ0) is 43.5. The Bertz CT molecular complexity index is 2070. The Morgan fingerprint density at radius 1 is 0.885 bits per heavy atom. The second kappa shape index (κ2) is 19.2. The summed E-state index contributed by atoms with van der Waals surface area (Å²) in [5.74, 6) is 1.31. The molecule has 0 N–H and O–H groups in total. The Hall–Kier alpha value is -3.95. The van der Waals surface area contributed by atoms with E-state index < -0.39 is 86.6 Å². The lowest BCUT2D eigenvalue weighted by atomic mass is 10.1. The van der Waals surface area contributed by atoms with E-state index in [-0.39, 0.29) is 19.9 Å². The number of carbonyl (C=O) groups excluding carboxylic acids is 1. The largest absolute Gasteiger partial charge is 0.453 e. The van der Waals surface area contributed by atoms with Gasteiger partial charge in [-0.25, -0.2) is 14.2 Å². The second-order valence-corrected chi connectivity index (χ2v) is 22.8. The third-order valence-corrected chi connectivity index (χ3v) is 18.8. The Morgan fingerprint density at radius 2 is 1.52 bits per heavy atom. The molecule has 1 saturated carbocycles. The van der Waals surface area contributed by atoms with Gasteiger partial charge >= 0.3 is 11.7 Å². The lowest BCUT2D eigenvalue weighted by molar-refractivity contribution is -0.242. The van der Waals surface area contributed by atoms with Crippen LogP contribution in [-0.4, -0.2) is 91.9 Å². The van der Waals surface area contributed by atoms with E-state index in [4.69, 9.17) is 48.7 Å². The van der Waals surface area contributed by atoms with Gasteiger partial charge in [0, 0.05) is 32.2 Å². The molecule has 1 aromatic heterocycles. The smallest absolute Gasteiger partial charge is 0.338 e. The molecule has 1 spiro atoms. The van der Waals surface area contributed by atoms with Gasteiger partial charge in [-0.05, 0) is 47.2 Å². The number of methoxy groups -OCH3 is 1. The molecule has 0 radical (unpaired) electrons. The van der Waals surface area contributed by atoms with Crippen LogP contribution in [0.4, 0.5) is 0 Å². The third-order valence-electron chi connectivity index (χ3n) is 12.7. The van der Waals surface area contributed by atoms with E-state index in [1.54, 1.807) is 24.3 Å². The number of nitrogens with zero attached hydrogens (tertiary/aromatic N) is 2. The van der Waals surface area contributed by atoms with Gasteiger partial charge in [-0.2, -0.15) is 0 Å². The van der Waals surface area contributed by atoms with Crippen molar-refractivity contribution in [2.75, 3.05) is 13.7 Å². The first-order valence-electron chi connectivity index (χ1n) is 21.5. The minimum absolute atomic E-state index is 0.133. The maximum atomic E-state index is 14.1. The van der Waals surface area contributed by atoms with Crippen LogP contribution in [0.3, 0.4) is 0 Å². The molecule has 2 aromatic carbocycles. The van der Waals surface area contributed by atoms with Crippen LogP contribution in [-0.2, 0) is 55.7 Å². The molecule has 0 bridgehead atoms. The second-order valence-electron chi connectivity index (χ2n) is 17.3. The summed E-state index contributed by atoms with van der Waals surface area (Å²) in [6.07, 6.45) is 2.40. The third kappa shape index (κ3) is 9.11. The van der Waals surface area contributed by atoms with Crippen molar-refractivity contribution in [2.45, 2.75) is 158 Å². The van der Waals surface area contributed by atoms with Gasteiger partial charge in [0.2, 0.25) is 0 Å². The summed E-state index contributed by atoms with van der Waals surface area (Å²) in [4.78, 5) is 40.7. The number of benzene rings is 2. The zero-order valence-electron chi connectivity index (χ0n) is 36.2. The molecule has 3 aliphatic heterocycles. The van der Waals surface area contributed by atoms with E-state index in [2.05, 4.69) is 47.5 Å². The summed E-state index contributed by atoms with van der Waals surface area (Å²) in [6, 6.07) is 19.5. The van der Waals surface area contributed by atoms with Gasteiger partial charge < -0.3 is 42.3 Å². The fourth-order valence-corrected chi connectivity index (χ4v) is 15.4. The normalized spacial score (nSPS) is 27.6. The fraction of sp³-hybridized carbons (Fsp3) is 0.587. The molecule has 1 aliphatic carbocycles. The fourth-order valence-electron chi connectivity index (χ4n) is 9.91. The summed E-state index contributed by atoms with van der Waals surface area (Å²) >= 11 is 0. The number of rotatable bonds is 17. The lowest BCUT2D eigenvalue weighted by Crippen LogP contribution is -2.50. The zero-order valence-corrected chi connectivity index (χ0v) is 37.2. The van der Waals surface area contributed by atoms with Crippen molar-refractivity contribution in [1.82, 2.24) is 9.13 Å². The molecule has 15 heteroatoms. The highest BCUT2D eigenvalue weighted by Gasteiger charge is 2.62. The van der Waals surface area contributed by atoms with Crippen molar-refractivity contribution < 1.29 is 47.1 Å². The Kier molecular flexibility index (Phi) is 14.2. The minimum Gasteiger partial charge on any atom is -0.453 e. The first-order chi connectivity index (χ1) is 29.3. The van der Waals surface area contributed by atoms with E-state index >= 15 is 0 Å². The molecule has 3 saturated heterocycles. The number of hydrogen-bond acceptors (Lipinski definition) is 12. The number of fused-ring (bicyclic) bond motifs is 1. The lowest BCUT2D eigenvalue weighted by Gasteiger charge is -2.43. The number of carbonyl (C=O) groups is 1. The maximum Gasteiger partial charge on any atom is 0.338 e. The number of ether oxygens (including phenoxy) is 8. The van der Waals surface area contributed by atoms with Crippen LogP contribution in [0, 0.1) is 12.3 Å². The van der Waals surface area contributed by atoms with Crippen LogP contribution in [0.1, 0.15) is 89.4 Å². The maximum absolute atomic E-state index is 14.1. The predicted octanol–water partition coefficient (Wildman–Crippen LogP) is 6.31. The molecule has 4 aliphatic rings. The standard InChI is InChI=1S/C46H60N2O12Si/c1-9-34(55-44-41(52-8)38(58-43(50)33-20-14-11-15-21-33)35(56-44)27-54-61(29(2)3,30(4)5)31(6)7)37-39-40(60-46(59-39)23-16-17-24-46)42(57-37)47-25-22-36(49)48(45(47)51)28-53-26-32-18-12-10-13-19-32/h1,10-15,18-22,25,29-31,34-35,37-42,44H,16-17,23-24,26-28H2,2-8H3/t34-,35+,37+,38+,39+,40+,41+,42+,44+/m0/s1. The van der Waals surface area contributed by atoms with E-state index in [0.717, 1.165) is 23.0 Å². The van der Waals surface area contributed by atoms with E-state index in [9.17, 15) is 14.4 Å². The van der Waals surface area contributed by atoms with Crippen LogP contribution in [0.2, 0.25) is 16.6 Å². The van der Waals surface area contributed by atoms with E-state index in [1.807, 2.05) is 36.4 Å². The van der Waals surface area contributed by atoms with Crippen LogP contribution >= 0.6 is 0 Å². The monoisotopic (exact) mass is 860 g/mol. The number of aromatic nitrogens is 2. The molecule has 3 aromatic rings. The molecule has 4 fully saturated rings. The summed E-state index contributed by atoms with van der Waals surface area (Å²) in [7, 11) is -0.893. The molecule has 330 valence electrons. The van der Waals surface area contributed by atoms with Crippen molar-refractivity contribution in [3.63, 3.8) is 0 Å². The summed E-state index contributed by atoms with van der Waals surface area (Å²) < 4.78 is 60.6. The Morgan fingerprint density at radius 3 is 2.15 bits per heavy atom. The first-order valence-corrected chi connectivity index (χ1v) is 23.6. The summed E-state index contributed by atoms with van der Waals surface area (Å²) in [6.45, 7) is 13.3. The van der Waals surface area contributed by atoms with Crippen molar-refractivity contribution in [3.8, 4) is 12.3 Å². The quantitative estimate of drug-likeness (QED) is 0.0853. The van der Waals surface area contributed by atoms with Gasteiger partial charge in [0.25, 0.3) is 5.56 Å². The van der Waals surface area contributed by atoms with Gasteiger partial charge in [-0.3, -0.25) is 9.36 Å². The van der Waals surface area contributed by atoms with Crippen LogP contribution in [0.25, 0.3) is 0 Å². The molecule has 9 atom stereocenters. The highest BCUT2D eigenvalue weighted by Crippen LogP contribution is 2.50. The molecule has 7 rings (SSSR count). The van der Waals surface area contributed by atoms with Gasteiger partial charge in [-0.1, -0.05) is 96.0 Å². The van der Waals surface area contributed by atoms with Gasteiger partial charge in [-0.15, -0.1) is 6.42 Å². The number of hydrogen-bond donors (Lipinski definition) is 0. The molecule has 4 heterocycles. The number of esters is 1. The van der Waals surface area contributed by atoms with Crippen molar-refractivity contribution in [3.05, 3.63) is 105 Å². The van der Waals surface area contributed by atoms with Crippen LogP contribution in [0.5, 0.6) is 0 Å². The van der Waals surface area contributed by atoms with Crippen molar-refractivity contribution in [1.29, 1.82) is 0 Å². The summed E-state index contributed by atoms with van der Waals surface area (Å²) in [5, 5.41) is 0. The van der Waals surface area contributed by atoms with Gasteiger partial charge in [0.05, 0.1) is 18.8 Å². The van der Waals surface area contributed by atoms with Crippen LogP contribution in [0.15, 0.2) is 82.5 Å². The minimum atomic E-state index is -2.39. The van der Waals surface area contributed by atoms with Crippen LogP contribution < -0.4 is 11.2 Å². The SMILES string of the molecule is C#C[C@H](O[C@@H]1O[C@H](CO[Si](C(C)C)(C(C)C)C(C)C)[C@@H](OC(=O)c2ccccc2)[C@H]1OC)[C@H]1O[C@@H](n2ccc(=O)n(COCc3ccccc3)c2=O)[C@@H]2OC3(CCCC3)O[C@@H]21. The highest BCUT2D eigenvalue weighted by atomic mass is 28.4. The Balaban J connectivity index is 1.16. The number of terminal acetylenes is 1. The molecule has 0 unspecified atom stereocenters. The highest BCUT2D eigenvalue weighted by molar-refractivity contribution is 6.77. The van der Waals surface area contributed by atoms with E-state index in [0.29, 0.717) is 35.0 Å². The van der Waals surface area contributed by atoms with Gasteiger partial charge in [0.15, 0.2) is 32.7 Å². The molecule has 61 heavy (non-hydrogen) atoms. The molecular weight excluding hydrogens is 801 g/mol. The van der Waals surface area contributed by atoms with Crippen molar-refractivity contribution >= 4 is 14.3 Å². The van der Waals surface area contributed by atoms with Gasteiger partial charge in [0.1, 0.15) is 43.4 Å². The average molecular weight is 861 g/mol. The molecule has 0 amide bonds. The first kappa shape index (κ1) is 45.1. The molecular formula is C46H60N2O12Si. The Labute approximate surface area is 358 Å². The van der Waals surface area contributed by atoms with E-state index in [1.165, 1.54) is 23.9 Å². The topological polar surface area (TPSA) is 144 Å². The predicted molar refractivity (Wildman–Crippen MR) is 227 cm³/mol. The summed E-state index contributed by atoms with van der Waals surface area (Å²) in [5.41, 5.74) is 0.976. The molecule has 14 nitrogen and oxygen atoms in total.